The quantitative estimate of drug-likeness (QED) is 0.789. The highest BCUT2D eigenvalue weighted by atomic mass is 16.1. The predicted molar refractivity (Wildman–Crippen MR) is 80.9 cm³/mol. The molecule has 108 valence electrons. The van der Waals surface area contributed by atoms with Crippen LogP contribution in [-0.4, -0.2) is 27.4 Å². The molecule has 1 amide bonds. The van der Waals surface area contributed by atoms with E-state index in [1.165, 1.54) is 0 Å². The normalized spacial score (nSPS) is 9.95. The Labute approximate surface area is 123 Å². The molecule has 0 unspecified atom stereocenters. The fraction of sp³-hybridized carbons (Fsp3) is 0.200. The maximum absolute atomic E-state index is 12.1. The number of carbonyl (C=O) groups excluding carboxylic acids is 1. The zero-order valence-electron chi connectivity index (χ0n) is 11.8. The molecule has 0 aliphatic carbocycles. The number of anilines is 1. The summed E-state index contributed by atoms with van der Waals surface area (Å²) in [6.45, 7) is 6.33. The molecular formula is C15H17N5O. The van der Waals surface area contributed by atoms with Crippen LogP contribution in [0, 0.1) is 6.92 Å². The Hall–Kier alpha value is -2.76. The van der Waals surface area contributed by atoms with Crippen LogP contribution in [-0.2, 0) is 6.54 Å². The molecule has 0 spiro atoms. The first-order chi connectivity index (χ1) is 10.2. The average molecular weight is 283 g/mol. The Morgan fingerprint density at radius 3 is 2.95 bits per heavy atom. The fourth-order valence-corrected chi connectivity index (χ4v) is 1.69. The van der Waals surface area contributed by atoms with E-state index in [4.69, 9.17) is 0 Å². The van der Waals surface area contributed by atoms with Crippen LogP contribution in [0.2, 0.25) is 0 Å². The van der Waals surface area contributed by atoms with Crippen molar-refractivity contribution in [2.75, 3.05) is 11.9 Å². The lowest BCUT2D eigenvalue weighted by Gasteiger charge is -2.07. The van der Waals surface area contributed by atoms with Crippen LogP contribution in [0.15, 0.2) is 43.1 Å². The summed E-state index contributed by atoms with van der Waals surface area (Å²) < 4.78 is 0. The summed E-state index contributed by atoms with van der Waals surface area (Å²) in [5, 5.41) is 5.76. The van der Waals surface area contributed by atoms with Crippen LogP contribution in [0.4, 0.5) is 5.95 Å². The molecule has 2 rings (SSSR count). The Balaban J connectivity index is 2.04. The number of aromatic nitrogens is 3. The first kappa shape index (κ1) is 14.6. The van der Waals surface area contributed by atoms with Gasteiger partial charge in [0, 0.05) is 18.4 Å². The van der Waals surface area contributed by atoms with Crippen LogP contribution in [0.25, 0.3) is 0 Å². The van der Waals surface area contributed by atoms with Gasteiger partial charge in [-0.05, 0) is 25.1 Å². The first-order valence-corrected chi connectivity index (χ1v) is 6.57. The smallest absolute Gasteiger partial charge is 0.270 e. The molecule has 21 heavy (non-hydrogen) atoms. The van der Waals surface area contributed by atoms with Crippen molar-refractivity contribution in [1.82, 2.24) is 20.3 Å². The van der Waals surface area contributed by atoms with Crippen molar-refractivity contribution in [2.24, 2.45) is 0 Å². The summed E-state index contributed by atoms with van der Waals surface area (Å²) in [5.74, 6) is 0.158. The number of hydrogen-bond donors (Lipinski definition) is 2. The van der Waals surface area contributed by atoms with Gasteiger partial charge in [-0.15, -0.1) is 6.58 Å². The van der Waals surface area contributed by atoms with Crippen molar-refractivity contribution in [2.45, 2.75) is 13.5 Å². The Kier molecular flexibility index (Phi) is 4.98. The van der Waals surface area contributed by atoms with E-state index >= 15 is 0 Å². The van der Waals surface area contributed by atoms with Crippen molar-refractivity contribution in [1.29, 1.82) is 0 Å². The molecule has 0 aromatic carbocycles. The van der Waals surface area contributed by atoms with Gasteiger partial charge in [-0.3, -0.25) is 9.78 Å². The van der Waals surface area contributed by atoms with Gasteiger partial charge in [0.2, 0.25) is 5.95 Å². The largest absolute Gasteiger partial charge is 0.351 e. The van der Waals surface area contributed by atoms with Crippen molar-refractivity contribution in [3.05, 3.63) is 60.2 Å². The molecule has 2 aromatic heterocycles. The molecule has 0 atom stereocenters. The number of amides is 1. The topological polar surface area (TPSA) is 79.8 Å². The molecule has 0 aliphatic rings. The first-order valence-electron chi connectivity index (χ1n) is 6.57. The van der Waals surface area contributed by atoms with E-state index in [1.54, 1.807) is 18.3 Å². The minimum Gasteiger partial charge on any atom is -0.351 e. The Morgan fingerprint density at radius 2 is 2.24 bits per heavy atom. The molecule has 2 N–H and O–H groups in total. The maximum Gasteiger partial charge on any atom is 0.270 e. The molecule has 0 bridgehead atoms. The van der Waals surface area contributed by atoms with Gasteiger partial charge in [0.25, 0.3) is 5.91 Å². The van der Waals surface area contributed by atoms with Gasteiger partial charge in [-0.25, -0.2) is 9.97 Å². The van der Waals surface area contributed by atoms with Gasteiger partial charge in [0.05, 0.1) is 12.2 Å². The Morgan fingerprint density at radius 1 is 1.38 bits per heavy atom. The molecule has 2 aromatic rings. The summed E-state index contributed by atoms with van der Waals surface area (Å²) in [4.78, 5) is 24.7. The second kappa shape index (κ2) is 7.14. The highest BCUT2D eigenvalue weighted by Gasteiger charge is 2.10. The number of aryl methyl sites for hydroxylation is 1. The molecule has 6 nitrogen and oxygen atoms in total. The van der Waals surface area contributed by atoms with Crippen molar-refractivity contribution >= 4 is 11.9 Å². The zero-order chi connectivity index (χ0) is 15.1. The Bertz CT molecular complexity index is 627. The van der Waals surface area contributed by atoms with Crippen LogP contribution >= 0.6 is 0 Å². The molecule has 0 aliphatic heterocycles. The third-order valence-electron chi connectivity index (χ3n) is 2.65. The third kappa shape index (κ3) is 4.38. The minimum absolute atomic E-state index is 0.257. The summed E-state index contributed by atoms with van der Waals surface area (Å²) in [6.07, 6.45) is 3.39. The lowest BCUT2D eigenvalue weighted by atomic mass is 10.3. The number of nitrogens with zero attached hydrogens (tertiary/aromatic N) is 3. The molecule has 0 radical (unpaired) electrons. The summed E-state index contributed by atoms with van der Waals surface area (Å²) in [6, 6.07) is 7.20. The molecular weight excluding hydrogens is 266 g/mol. The predicted octanol–water partition coefficient (Wildman–Crippen LogP) is 1.71. The average Bonchev–Trinajstić information content (AvgIpc) is 2.51. The highest BCUT2D eigenvalue weighted by molar-refractivity contribution is 5.92. The number of rotatable bonds is 6. The fourth-order valence-electron chi connectivity index (χ4n) is 1.69. The lowest BCUT2D eigenvalue weighted by Crippen LogP contribution is -2.25. The maximum atomic E-state index is 12.1. The second-order valence-corrected chi connectivity index (χ2v) is 4.39. The van der Waals surface area contributed by atoms with Gasteiger partial charge in [-0.1, -0.05) is 12.1 Å². The molecule has 0 saturated carbocycles. The SMILES string of the molecule is C=CCNc1nc(C)cc(C(=O)NCc2ccccn2)n1. The van der Waals surface area contributed by atoms with Gasteiger partial charge >= 0.3 is 0 Å². The molecule has 0 saturated heterocycles. The van der Waals surface area contributed by atoms with E-state index in [9.17, 15) is 4.79 Å². The third-order valence-corrected chi connectivity index (χ3v) is 2.65. The molecule has 2 heterocycles. The zero-order valence-corrected chi connectivity index (χ0v) is 11.8. The van der Waals surface area contributed by atoms with Crippen molar-refractivity contribution < 1.29 is 4.79 Å². The van der Waals surface area contributed by atoms with Crippen LogP contribution < -0.4 is 10.6 Å². The second-order valence-electron chi connectivity index (χ2n) is 4.39. The van der Waals surface area contributed by atoms with Crippen LogP contribution in [0.1, 0.15) is 21.9 Å². The number of carbonyl (C=O) groups is 1. The minimum atomic E-state index is -0.257. The number of nitrogens with one attached hydrogen (secondary N) is 2. The molecule has 0 fully saturated rings. The monoisotopic (exact) mass is 283 g/mol. The van der Waals surface area contributed by atoms with Gasteiger partial charge in [0.1, 0.15) is 5.69 Å². The molecule has 6 heteroatoms. The van der Waals surface area contributed by atoms with Gasteiger partial charge < -0.3 is 10.6 Å². The van der Waals surface area contributed by atoms with Crippen molar-refractivity contribution in [3.8, 4) is 0 Å². The van der Waals surface area contributed by atoms with E-state index in [-0.39, 0.29) is 5.91 Å². The summed E-state index contributed by atoms with van der Waals surface area (Å²) in [5.41, 5.74) is 1.84. The van der Waals surface area contributed by atoms with E-state index < -0.39 is 0 Å². The van der Waals surface area contributed by atoms with Crippen molar-refractivity contribution in [3.63, 3.8) is 0 Å². The van der Waals surface area contributed by atoms with Crippen LogP contribution in [0.5, 0.6) is 0 Å². The van der Waals surface area contributed by atoms with E-state index in [2.05, 4.69) is 32.2 Å². The number of hydrogen-bond acceptors (Lipinski definition) is 5. The van der Waals surface area contributed by atoms with Gasteiger partial charge in [0.15, 0.2) is 0 Å². The number of pyridine rings is 1. The highest BCUT2D eigenvalue weighted by Crippen LogP contribution is 2.05. The summed E-state index contributed by atoms with van der Waals surface area (Å²) in [7, 11) is 0. The standard InChI is InChI=1S/C15H17N5O/c1-3-7-17-15-19-11(2)9-13(20-15)14(21)18-10-12-6-4-5-8-16-12/h3-6,8-9H,1,7,10H2,2H3,(H,18,21)(H,17,19,20). The van der Waals surface area contributed by atoms with E-state index in [0.717, 1.165) is 11.4 Å². The summed E-state index contributed by atoms with van der Waals surface area (Å²) >= 11 is 0. The van der Waals surface area contributed by atoms with Crippen LogP contribution in [0.3, 0.4) is 0 Å². The lowest BCUT2D eigenvalue weighted by molar-refractivity contribution is 0.0945. The van der Waals surface area contributed by atoms with E-state index in [1.807, 2.05) is 25.1 Å². The van der Waals surface area contributed by atoms with Gasteiger partial charge in [-0.2, -0.15) is 0 Å². The van der Waals surface area contributed by atoms with E-state index in [0.29, 0.717) is 24.7 Å².